The summed E-state index contributed by atoms with van der Waals surface area (Å²) in [4.78, 5) is 16.0. The number of hydrogen-bond donors (Lipinski definition) is 3. The molecule has 30 heavy (non-hydrogen) atoms. The molecule has 0 spiro atoms. The summed E-state index contributed by atoms with van der Waals surface area (Å²) in [5.74, 6) is 0.149. The van der Waals surface area contributed by atoms with Crippen molar-refractivity contribution in [2.24, 2.45) is 0 Å². The Morgan fingerprint density at radius 3 is 2.33 bits per heavy atom. The number of amides is 1. The second kappa shape index (κ2) is 9.42. The molecule has 4 rings (SSSR count). The third-order valence-corrected chi connectivity index (χ3v) is 5.53. The van der Waals surface area contributed by atoms with Crippen molar-refractivity contribution in [3.63, 3.8) is 0 Å². The Hall–Kier alpha value is -3.37. The molecule has 0 aliphatic rings. The van der Waals surface area contributed by atoms with Crippen LogP contribution in [-0.2, 0) is 11.3 Å². The molecule has 4 heteroatoms. The maximum atomic E-state index is 12.6. The molecule has 0 radical (unpaired) electrons. The first-order valence-electron chi connectivity index (χ1n) is 10.4. The molecule has 2 atom stereocenters. The first-order valence-corrected chi connectivity index (χ1v) is 10.4. The molecule has 0 aliphatic heterocycles. The van der Waals surface area contributed by atoms with Crippen LogP contribution in [0.3, 0.4) is 0 Å². The van der Waals surface area contributed by atoms with E-state index in [1.807, 2.05) is 49.4 Å². The first-order chi connectivity index (χ1) is 14.7. The van der Waals surface area contributed by atoms with Crippen LogP contribution in [0.25, 0.3) is 10.9 Å². The predicted molar refractivity (Wildman–Crippen MR) is 122 cm³/mol. The fraction of sp³-hybridized carbons (Fsp3) is 0.192. The summed E-state index contributed by atoms with van der Waals surface area (Å²) >= 11 is 0. The summed E-state index contributed by atoms with van der Waals surface area (Å²) in [5, 5.41) is 7.68. The molecule has 4 nitrogen and oxygen atoms in total. The third kappa shape index (κ3) is 4.61. The fourth-order valence-corrected chi connectivity index (χ4v) is 3.80. The van der Waals surface area contributed by atoms with Gasteiger partial charge in [-0.1, -0.05) is 78.9 Å². The van der Waals surface area contributed by atoms with Crippen molar-refractivity contribution in [1.82, 2.24) is 15.6 Å². The molecule has 4 aromatic rings. The summed E-state index contributed by atoms with van der Waals surface area (Å²) in [6.45, 7) is 3.12. The maximum Gasteiger partial charge on any atom is 0.237 e. The fourth-order valence-electron chi connectivity index (χ4n) is 3.80. The number of H-pyrrole nitrogens is 1. The van der Waals surface area contributed by atoms with Crippen molar-refractivity contribution < 1.29 is 4.79 Å². The Bertz CT molecular complexity index is 1090. The molecule has 0 aliphatic carbocycles. The lowest BCUT2D eigenvalue weighted by atomic mass is 9.90. The number of rotatable bonds is 8. The van der Waals surface area contributed by atoms with Gasteiger partial charge in [-0.3, -0.25) is 4.79 Å². The zero-order chi connectivity index (χ0) is 20.8. The molecule has 0 bridgehead atoms. The SMILES string of the molecule is CC(NCC(c1ccccc1)c1c[nH]c2ccccc12)C(=O)NCc1ccccc1. The lowest BCUT2D eigenvalue weighted by Crippen LogP contribution is -2.43. The van der Waals surface area contributed by atoms with E-state index in [-0.39, 0.29) is 17.9 Å². The highest BCUT2D eigenvalue weighted by molar-refractivity contribution is 5.84. The Balaban J connectivity index is 1.46. The van der Waals surface area contributed by atoms with Gasteiger partial charge >= 0.3 is 0 Å². The number of carbonyl (C=O) groups is 1. The van der Waals surface area contributed by atoms with Gasteiger partial charge in [0.25, 0.3) is 0 Å². The van der Waals surface area contributed by atoms with Crippen LogP contribution in [0.4, 0.5) is 0 Å². The predicted octanol–water partition coefficient (Wildman–Crippen LogP) is 4.59. The van der Waals surface area contributed by atoms with E-state index in [4.69, 9.17) is 0 Å². The van der Waals surface area contributed by atoms with E-state index in [0.29, 0.717) is 13.1 Å². The highest BCUT2D eigenvalue weighted by Gasteiger charge is 2.20. The molecule has 152 valence electrons. The van der Waals surface area contributed by atoms with Crippen LogP contribution < -0.4 is 10.6 Å². The molecule has 0 saturated carbocycles. The molecule has 1 aromatic heterocycles. The molecular weight excluding hydrogens is 370 g/mol. The lowest BCUT2D eigenvalue weighted by Gasteiger charge is -2.21. The van der Waals surface area contributed by atoms with Gasteiger partial charge in [0.15, 0.2) is 0 Å². The summed E-state index contributed by atoms with van der Waals surface area (Å²) < 4.78 is 0. The molecule has 1 heterocycles. The largest absolute Gasteiger partial charge is 0.361 e. The van der Waals surface area contributed by atoms with E-state index in [9.17, 15) is 4.79 Å². The van der Waals surface area contributed by atoms with Gasteiger partial charge in [-0.25, -0.2) is 0 Å². The van der Waals surface area contributed by atoms with E-state index < -0.39 is 0 Å². The molecule has 3 N–H and O–H groups in total. The molecule has 3 aromatic carbocycles. The quantitative estimate of drug-likeness (QED) is 0.407. The minimum Gasteiger partial charge on any atom is -0.361 e. The first kappa shape index (κ1) is 19.9. The number of hydrogen-bond acceptors (Lipinski definition) is 2. The Kier molecular flexibility index (Phi) is 6.26. The van der Waals surface area contributed by atoms with E-state index >= 15 is 0 Å². The normalized spacial score (nSPS) is 13.1. The van der Waals surface area contributed by atoms with Gasteiger partial charge in [0.1, 0.15) is 0 Å². The van der Waals surface area contributed by atoms with Crippen molar-refractivity contribution >= 4 is 16.8 Å². The van der Waals surface area contributed by atoms with Crippen LogP contribution in [0.5, 0.6) is 0 Å². The number of carbonyl (C=O) groups excluding carboxylic acids is 1. The molecule has 0 fully saturated rings. The number of aromatic nitrogens is 1. The van der Waals surface area contributed by atoms with Crippen molar-refractivity contribution in [3.05, 3.63) is 108 Å². The highest BCUT2D eigenvalue weighted by atomic mass is 16.2. The second-order valence-corrected chi connectivity index (χ2v) is 7.59. The molecular formula is C26H27N3O. The van der Waals surface area contributed by atoms with Crippen molar-refractivity contribution in [3.8, 4) is 0 Å². The van der Waals surface area contributed by atoms with Gasteiger partial charge < -0.3 is 15.6 Å². The Morgan fingerprint density at radius 1 is 0.900 bits per heavy atom. The monoisotopic (exact) mass is 397 g/mol. The molecule has 0 saturated heterocycles. The summed E-state index contributed by atoms with van der Waals surface area (Å²) in [5.41, 5.74) is 4.69. The Morgan fingerprint density at radius 2 is 1.57 bits per heavy atom. The van der Waals surface area contributed by atoms with Crippen molar-refractivity contribution in [2.75, 3.05) is 6.54 Å². The summed E-state index contributed by atoms with van der Waals surface area (Å²) in [7, 11) is 0. The van der Waals surface area contributed by atoms with Crippen LogP contribution in [0.1, 0.15) is 29.5 Å². The zero-order valence-corrected chi connectivity index (χ0v) is 17.1. The molecule has 2 unspecified atom stereocenters. The van der Waals surface area contributed by atoms with Crippen LogP contribution in [0.2, 0.25) is 0 Å². The minimum absolute atomic E-state index is 0.00425. The Labute approximate surface area is 177 Å². The number of fused-ring (bicyclic) bond motifs is 1. The van der Waals surface area contributed by atoms with Crippen LogP contribution in [0.15, 0.2) is 91.1 Å². The number of aromatic amines is 1. The lowest BCUT2D eigenvalue weighted by molar-refractivity contribution is -0.122. The van der Waals surface area contributed by atoms with Gasteiger partial charge in [-0.2, -0.15) is 0 Å². The van der Waals surface area contributed by atoms with Crippen LogP contribution in [-0.4, -0.2) is 23.5 Å². The van der Waals surface area contributed by atoms with E-state index in [1.54, 1.807) is 0 Å². The van der Waals surface area contributed by atoms with Gasteiger partial charge in [-0.15, -0.1) is 0 Å². The van der Waals surface area contributed by atoms with Gasteiger partial charge in [0, 0.05) is 36.1 Å². The van der Waals surface area contributed by atoms with Crippen molar-refractivity contribution in [2.45, 2.75) is 25.4 Å². The van der Waals surface area contributed by atoms with E-state index in [0.717, 1.165) is 11.1 Å². The van der Waals surface area contributed by atoms with E-state index in [1.165, 1.54) is 16.5 Å². The third-order valence-electron chi connectivity index (χ3n) is 5.53. The average molecular weight is 398 g/mol. The summed E-state index contributed by atoms with van der Waals surface area (Å²) in [6, 6.07) is 28.5. The number of nitrogens with one attached hydrogen (secondary N) is 3. The van der Waals surface area contributed by atoms with Crippen LogP contribution in [0, 0.1) is 0 Å². The van der Waals surface area contributed by atoms with Crippen molar-refractivity contribution in [1.29, 1.82) is 0 Å². The smallest absolute Gasteiger partial charge is 0.237 e. The van der Waals surface area contributed by atoms with E-state index in [2.05, 4.69) is 64.3 Å². The number of benzene rings is 3. The topological polar surface area (TPSA) is 56.9 Å². The average Bonchev–Trinajstić information content (AvgIpc) is 3.23. The zero-order valence-electron chi connectivity index (χ0n) is 17.1. The van der Waals surface area contributed by atoms with Gasteiger partial charge in [0.2, 0.25) is 5.91 Å². The van der Waals surface area contributed by atoms with Gasteiger partial charge in [0.05, 0.1) is 6.04 Å². The highest BCUT2D eigenvalue weighted by Crippen LogP contribution is 2.30. The second-order valence-electron chi connectivity index (χ2n) is 7.59. The standard InChI is InChI=1S/C26H27N3O/c1-19(26(30)29-16-20-10-4-2-5-11-20)27-17-23(21-12-6-3-7-13-21)24-18-28-25-15-9-8-14-22(24)25/h2-15,18-19,23,27-28H,16-17H2,1H3,(H,29,30). The van der Waals surface area contributed by atoms with Gasteiger partial charge in [-0.05, 0) is 29.7 Å². The maximum absolute atomic E-state index is 12.6. The van der Waals surface area contributed by atoms with Crippen LogP contribution >= 0.6 is 0 Å². The minimum atomic E-state index is -0.287. The molecule has 1 amide bonds. The summed E-state index contributed by atoms with van der Waals surface area (Å²) in [6.07, 6.45) is 2.09. The number of para-hydroxylation sites is 1.